The number of aryl methyl sites for hydroxylation is 1. The lowest BCUT2D eigenvalue weighted by Gasteiger charge is -2.06. The number of nitrogens with one attached hydrogen (secondary N) is 1. The van der Waals surface area contributed by atoms with E-state index >= 15 is 0 Å². The van der Waals surface area contributed by atoms with Crippen molar-refractivity contribution in [1.82, 2.24) is 10.3 Å². The number of hydrogen-bond acceptors (Lipinski definition) is 3. The molecule has 0 aliphatic carbocycles. The van der Waals surface area contributed by atoms with Crippen molar-refractivity contribution in [2.45, 2.75) is 20.4 Å². The number of rotatable bonds is 6. The number of pyridine rings is 1. The third-order valence-corrected chi connectivity index (χ3v) is 3.56. The minimum Gasteiger partial charge on any atom is -0.312 e. The van der Waals surface area contributed by atoms with E-state index < -0.39 is 10.8 Å². The summed E-state index contributed by atoms with van der Waals surface area (Å²) < 4.78 is 11.1. The van der Waals surface area contributed by atoms with E-state index in [-0.39, 0.29) is 0 Å². The number of aromatic nitrogens is 1. The smallest absolute Gasteiger partial charge is 0.0417 e. The molecule has 0 aromatic carbocycles. The zero-order valence-corrected chi connectivity index (χ0v) is 10.1. The van der Waals surface area contributed by atoms with E-state index in [0.29, 0.717) is 0 Å². The monoisotopic (exact) mass is 226 g/mol. The molecule has 1 N–H and O–H groups in total. The van der Waals surface area contributed by atoms with Gasteiger partial charge in [-0.15, -0.1) is 0 Å². The molecule has 1 unspecified atom stereocenters. The Morgan fingerprint density at radius 3 is 3.00 bits per heavy atom. The SMILES string of the molecule is CCS(=O)CCNCc1cccnc1C. The van der Waals surface area contributed by atoms with Crippen molar-refractivity contribution in [3.63, 3.8) is 0 Å². The predicted octanol–water partition coefficient (Wildman–Crippen LogP) is 1.25. The fourth-order valence-corrected chi connectivity index (χ4v) is 1.92. The van der Waals surface area contributed by atoms with Crippen molar-refractivity contribution in [3.8, 4) is 0 Å². The fraction of sp³-hybridized carbons (Fsp3) is 0.545. The second-order valence-corrected chi connectivity index (χ2v) is 5.22. The predicted molar refractivity (Wildman–Crippen MR) is 64.2 cm³/mol. The molecule has 0 spiro atoms. The highest BCUT2D eigenvalue weighted by Gasteiger charge is 1.98. The summed E-state index contributed by atoms with van der Waals surface area (Å²) in [6, 6.07) is 4.00. The van der Waals surface area contributed by atoms with E-state index in [1.165, 1.54) is 5.56 Å². The van der Waals surface area contributed by atoms with Gasteiger partial charge in [0, 0.05) is 47.3 Å². The van der Waals surface area contributed by atoms with E-state index in [1.807, 2.05) is 19.9 Å². The molecule has 0 saturated heterocycles. The normalized spacial score (nSPS) is 12.7. The molecule has 1 aromatic rings. The van der Waals surface area contributed by atoms with Gasteiger partial charge in [-0.3, -0.25) is 9.19 Å². The molecule has 1 rings (SSSR count). The number of hydrogen-bond donors (Lipinski definition) is 1. The van der Waals surface area contributed by atoms with Crippen molar-refractivity contribution in [2.24, 2.45) is 0 Å². The van der Waals surface area contributed by atoms with Crippen LogP contribution in [0.15, 0.2) is 18.3 Å². The Morgan fingerprint density at radius 2 is 2.33 bits per heavy atom. The molecule has 0 aliphatic heterocycles. The van der Waals surface area contributed by atoms with Gasteiger partial charge in [-0.05, 0) is 18.6 Å². The van der Waals surface area contributed by atoms with Crippen molar-refractivity contribution >= 4 is 10.8 Å². The summed E-state index contributed by atoms with van der Waals surface area (Å²) in [6.45, 7) is 5.55. The summed E-state index contributed by atoms with van der Waals surface area (Å²) in [5.74, 6) is 1.48. The lowest BCUT2D eigenvalue weighted by atomic mass is 10.2. The molecule has 1 atom stereocenters. The van der Waals surface area contributed by atoms with E-state index in [9.17, 15) is 4.21 Å². The van der Waals surface area contributed by atoms with Crippen molar-refractivity contribution in [3.05, 3.63) is 29.6 Å². The van der Waals surface area contributed by atoms with Crippen LogP contribution in [0.5, 0.6) is 0 Å². The first-order chi connectivity index (χ1) is 7.24. The summed E-state index contributed by atoms with van der Waals surface area (Å²) >= 11 is 0. The third-order valence-electron chi connectivity index (χ3n) is 2.26. The van der Waals surface area contributed by atoms with Crippen LogP contribution in [-0.4, -0.2) is 27.2 Å². The standard InChI is InChI=1S/C11H18N2OS/c1-3-15(14)8-7-12-9-11-5-4-6-13-10(11)2/h4-6,12H,3,7-9H2,1-2H3. The first-order valence-electron chi connectivity index (χ1n) is 5.20. The van der Waals surface area contributed by atoms with Gasteiger partial charge in [0.2, 0.25) is 0 Å². The van der Waals surface area contributed by atoms with Gasteiger partial charge in [0.25, 0.3) is 0 Å². The van der Waals surface area contributed by atoms with Crippen LogP contribution in [0.3, 0.4) is 0 Å². The maximum atomic E-state index is 11.1. The first-order valence-corrected chi connectivity index (χ1v) is 6.69. The third kappa shape index (κ3) is 4.53. The Hall–Kier alpha value is -0.740. The quantitative estimate of drug-likeness (QED) is 0.742. The molecule has 0 radical (unpaired) electrons. The first kappa shape index (κ1) is 12.3. The summed E-state index contributed by atoms with van der Waals surface area (Å²) in [5, 5.41) is 3.27. The van der Waals surface area contributed by atoms with E-state index in [4.69, 9.17) is 0 Å². The van der Waals surface area contributed by atoms with Crippen LogP contribution in [0.1, 0.15) is 18.2 Å². The molecule has 4 heteroatoms. The van der Waals surface area contributed by atoms with E-state index in [0.717, 1.165) is 30.3 Å². The lowest BCUT2D eigenvalue weighted by molar-refractivity contribution is 0.673. The molecule has 1 heterocycles. The van der Waals surface area contributed by atoms with Crippen LogP contribution >= 0.6 is 0 Å². The Morgan fingerprint density at radius 1 is 1.53 bits per heavy atom. The van der Waals surface area contributed by atoms with E-state index in [1.54, 1.807) is 6.20 Å². The van der Waals surface area contributed by atoms with Crippen LogP contribution in [0.2, 0.25) is 0 Å². The molecule has 0 bridgehead atoms. The average Bonchev–Trinajstić information content (AvgIpc) is 2.26. The van der Waals surface area contributed by atoms with Gasteiger partial charge in [0.05, 0.1) is 0 Å². The highest BCUT2D eigenvalue weighted by Crippen LogP contribution is 2.02. The minimum absolute atomic E-state index is 0.668. The molecule has 0 saturated carbocycles. The molecule has 0 fully saturated rings. The zero-order valence-electron chi connectivity index (χ0n) is 9.32. The van der Waals surface area contributed by atoms with Crippen molar-refractivity contribution < 1.29 is 4.21 Å². The topological polar surface area (TPSA) is 42.0 Å². The summed E-state index contributed by atoms with van der Waals surface area (Å²) in [5.41, 5.74) is 2.27. The van der Waals surface area contributed by atoms with E-state index in [2.05, 4.69) is 16.4 Å². The van der Waals surface area contributed by atoms with Crippen molar-refractivity contribution in [1.29, 1.82) is 0 Å². The maximum absolute atomic E-state index is 11.1. The lowest BCUT2D eigenvalue weighted by Crippen LogP contribution is -2.21. The average molecular weight is 226 g/mol. The van der Waals surface area contributed by atoms with Gasteiger partial charge in [-0.1, -0.05) is 13.0 Å². The Balaban J connectivity index is 2.26. The molecular formula is C11H18N2OS. The Labute approximate surface area is 93.8 Å². The number of nitrogens with zero attached hydrogens (tertiary/aromatic N) is 1. The molecule has 84 valence electrons. The summed E-state index contributed by atoms with van der Waals surface area (Å²) in [6.07, 6.45) is 1.80. The van der Waals surface area contributed by atoms with Gasteiger partial charge in [0.15, 0.2) is 0 Å². The van der Waals surface area contributed by atoms with Crippen LogP contribution in [-0.2, 0) is 17.3 Å². The highest BCUT2D eigenvalue weighted by atomic mass is 32.2. The van der Waals surface area contributed by atoms with Crippen molar-refractivity contribution in [2.75, 3.05) is 18.1 Å². The Kier molecular flexibility index (Phi) is 5.50. The van der Waals surface area contributed by atoms with Gasteiger partial charge < -0.3 is 5.32 Å². The van der Waals surface area contributed by atoms with Crippen LogP contribution < -0.4 is 5.32 Å². The van der Waals surface area contributed by atoms with Gasteiger partial charge in [-0.25, -0.2) is 0 Å². The summed E-state index contributed by atoms with van der Waals surface area (Å²) in [7, 11) is -0.668. The fourth-order valence-electron chi connectivity index (χ4n) is 1.26. The largest absolute Gasteiger partial charge is 0.312 e. The molecule has 0 aliphatic rings. The Bertz CT molecular complexity index is 328. The maximum Gasteiger partial charge on any atom is 0.0417 e. The highest BCUT2D eigenvalue weighted by molar-refractivity contribution is 7.84. The van der Waals surface area contributed by atoms with Gasteiger partial charge >= 0.3 is 0 Å². The zero-order chi connectivity index (χ0) is 11.1. The summed E-state index contributed by atoms with van der Waals surface area (Å²) in [4.78, 5) is 4.21. The van der Waals surface area contributed by atoms with Gasteiger partial charge in [-0.2, -0.15) is 0 Å². The van der Waals surface area contributed by atoms with Crippen LogP contribution in [0.25, 0.3) is 0 Å². The molecule has 3 nitrogen and oxygen atoms in total. The second kappa shape index (κ2) is 6.69. The second-order valence-electron chi connectivity index (χ2n) is 3.36. The van der Waals surface area contributed by atoms with Gasteiger partial charge in [0.1, 0.15) is 0 Å². The van der Waals surface area contributed by atoms with Crippen LogP contribution in [0.4, 0.5) is 0 Å². The molecule has 15 heavy (non-hydrogen) atoms. The van der Waals surface area contributed by atoms with Crippen LogP contribution in [0, 0.1) is 6.92 Å². The molecule has 0 amide bonds. The minimum atomic E-state index is -0.668. The molecular weight excluding hydrogens is 208 g/mol. The molecule has 1 aromatic heterocycles.